The first kappa shape index (κ1) is 19.5. The largest absolute Gasteiger partial charge is 0.300 e. The highest BCUT2D eigenvalue weighted by atomic mass is 32.2. The molecule has 4 aromatic rings. The summed E-state index contributed by atoms with van der Waals surface area (Å²) in [5.74, 6) is -0.935. The second-order valence-electron chi connectivity index (χ2n) is 6.89. The van der Waals surface area contributed by atoms with E-state index in [0.29, 0.717) is 10.0 Å². The van der Waals surface area contributed by atoms with Crippen molar-refractivity contribution in [2.45, 2.75) is 0 Å². The molecule has 1 N–H and O–H groups in total. The zero-order valence-electron chi connectivity index (χ0n) is 16.1. The van der Waals surface area contributed by atoms with Crippen molar-refractivity contribution in [1.29, 1.82) is 0 Å². The molecule has 1 saturated heterocycles. The summed E-state index contributed by atoms with van der Waals surface area (Å²) < 4.78 is 0. The molecule has 1 aromatic heterocycles. The fourth-order valence-corrected chi connectivity index (χ4v) is 4.92. The molecule has 0 saturated carbocycles. The molecule has 5 rings (SSSR count). The monoisotopic (exact) mass is 445 g/mol. The summed E-state index contributed by atoms with van der Waals surface area (Å²) in [4.78, 5) is 42.9. The molecular formula is C23H15N3O3S2. The van der Waals surface area contributed by atoms with Gasteiger partial charge in [0.15, 0.2) is 5.13 Å². The van der Waals surface area contributed by atoms with Crippen LogP contribution in [0.1, 0.15) is 5.56 Å². The Balaban J connectivity index is 1.50. The summed E-state index contributed by atoms with van der Waals surface area (Å²) >= 11 is 2.12. The maximum atomic E-state index is 13.0. The van der Waals surface area contributed by atoms with Gasteiger partial charge in [-0.15, -0.1) is 11.3 Å². The predicted molar refractivity (Wildman–Crippen MR) is 125 cm³/mol. The van der Waals surface area contributed by atoms with Gasteiger partial charge in [-0.3, -0.25) is 19.3 Å². The third kappa shape index (κ3) is 3.71. The van der Waals surface area contributed by atoms with Gasteiger partial charge in [-0.25, -0.2) is 4.98 Å². The Morgan fingerprint density at radius 3 is 2.35 bits per heavy atom. The average Bonchev–Trinajstić information content (AvgIpc) is 3.37. The number of carbonyl (C=O) groups is 3. The third-order valence-electron chi connectivity index (χ3n) is 4.94. The molecule has 0 aliphatic carbocycles. The molecule has 0 spiro atoms. The molecule has 152 valence electrons. The molecule has 1 aliphatic heterocycles. The minimum Gasteiger partial charge on any atom is -0.300 e. The lowest BCUT2D eigenvalue weighted by Crippen LogP contribution is -2.36. The van der Waals surface area contributed by atoms with E-state index in [2.05, 4.69) is 16.4 Å². The van der Waals surface area contributed by atoms with Crippen LogP contribution >= 0.6 is 23.1 Å². The fourth-order valence-electron chi connectivity index (χ4n) is 3.56. The number of aromatic nitrogens is 1. The van der Waals surface area contributed by atoms with E-state index in [0.717, 1.165) is 43.8 Å². The summed E-state index contributed by atoms with van der Waals surface area (Å²) in [5.41, 5.74) is 0.881. The molecular weight excluding hydrogens is 430 g/mol. The summed E-state index contributed by atoms with van der Waals surface area (Å²) in [7, 11) is 0. The fraction of sp³-hybridized carbons (Fsp3) is 0.0435. The number of fused-ring (bicyclic) bond motifs is 2. The van der Waals surface area contributed by atoms with Crippen LogP contribution in [0.2, 0.25) is 0 Å². The lowest BCUT2D eigenvalue weighted by atomic mass is 9.96. The number of nitrogens with zero attached hydrogens (tertiary/aromatic N) is 2. The average molecular weight is 446 g/mol. The number of nitrogens with one attached hydrogen (secondary N) is 1. The second-order valence-corrected chi connectivity index (χ2v) is 8.77. The first-order valence-corrected chi connectivity index (χ1v) is 11.1. The number of imide groups is 1. The Morgan fingerprint density at radius 2 is 1.71 bits per heavy atom. The van der Waals surface area contributed by atoms with E-state index in [4.69, 9.17) is 0 Å². The van der Waals surface area contributed by atoms with Gasteiger partial charge >= 0.3 is 0 Å². The van der Waals surface area contributed by atoms with Crippen molar-refractivity contribution in [2.75, 3.05) is 11.9 Å². The van der Waals surface area contributed by atoms with E-state index in [1.165, 1.54) is 11.3 Å². The smallest absolute Gasteiger partial charge is 0.294 e. The van der Waals surface area contributed by atoms with Gasteiger partial charge in [0.2, 0.25) is 5.91 Å². The number of hydrogen-bond acceptors (Lipinski definition) is 6. The minimum absolute atomic E-state index is 0.300. The molecule has 3 amide bonds. The number of anilines is 1. The quantitative estimate of drug-likeness (QED) is 0.348. The van der Waals surface area contributed by atoms with Crippen molar-refractivity contribution in [2.24, 2.45) is 0 Å². The van der Waals surface area contributed by atoms with Crippen molar-refractivity contribution >= 4 is 72.9 Å². The van der Waals surface area contributed by atoms with Crippen LogP contribution < -0.4 is 5.32 Å². The number of hydrogen-bond donors (Lipinski definition) is 1. The van der Waals surface area contributed by atoms with Crippen LogP contribution in [0.5, 0.6) is 0 Å². The lowest BCUT2D eigenvalue weighted by Gasteiger charge is -2.11. The van der Waals surface area contributed by atoms with E-state index in [1.54, 1.807) is 17.7 Å². The molecule has 1 aliphatic rings. The highest BCUT2D eigenvalue weighted by Gasteiger charge is 2.36. The van der Waals surface area contributed by atoms with Gasteiger partial charge in [-0.05, 0) is 51.0 Å². The molecule has 0 unspecified atom stereocenters. The van der Waals surface area contributed by atoms with E-state index in [1.807, 2.05) is 48.5 Å². The van der Waals surface area contributed by atoms with Gasteiger partial charge in [0.1, 0.15) is 6.54 Å². The van der Waals surface area contributed by atoms with Gasteiger partial charge in [0.05, 0.1) is 4.91 Å². The van der Waals surface area contributed by atoms with Crippen molar-refractivity contribution < 1.29 is 14.4 Å². The van der Waals surface area contributed by atoms with Gasteiger partial charge in [0.25, 0.3) is 11.1 Å². The first-order chi connectivity index (χ1) is 15.1. The predicted octanol–water partition coefficient (Wildman–Crippen LogP) is 5.12. The summed E-state index contributed by atoms with van der Waals surface area (Å²) in [6, 6.07) is 18.0. The Kier molecular flexibility index (Phi) is 5.01. The number of thiazole rings is 1. The number of carbonyl (C=O) groups excluding carboxylic acids is 3. The zero-order chi connectivity index (χ0) is 21.4. The van der Waals surface area contributed by atoms with Crippen LogP contribution in [0.25, 0.3) is 27.6 Å². The highest BCUT2D eigenvalue weighted by Crippen LogP contribution is 2.36. The third-order valence-corrected chi connectivity index (χ3v) is 6.54. The van der Waals surface area contributed by atoms with Gasteiger partial charge < -0.3 is 5.32 Å². The molecule has 0 radical (unpaired) electrons. The Bertz CT molecular complexity index is 1330. The number of benzene rings is 3. The number of amides is 3. The molecule has 2 heterocycles. The molecule has 31 heavy (non-hydrogen) atoms. The molecule has 1 fully saturated rings. The molecule has 8 heteroatoms. The Morgan fingerprint density at radius 1 is 1.03 bits per heavy atom. The van der Waals surface area contributed by atoms with E-state index in [-0.39, 0.29) is 6.54 Å². The van der Waals surface area contributed by atoms with Crippen LogP contribution in [-0.2, 0) is 9.59 Å². The molecule has 3 aromatic carbocycles. The van der Waals surface area contributed by atoms with Crippen LogP contribution in [0.4, 0.5) is 9.93 Å². The van der Waals surface area contributed by atoms with Crippen molar-refractivity contribution in [1.82, 2.24) is 9.88 Å². The van der Waals surface area contributed by atoms with Crippen molar-refractivity contribution in [3.05, 3.63) is 76.6 Å². The first-order valence-electron chi connectivity index (χ1n) is 9.45. The van der Waals surface area contributed by atoms with E-state index in [9.17, 15) is 14.4 Å². The van der Waals surface area contributed by atoms with Crippen LogP contribution in [0, 0.1) is 0 Å². The van der Waals surface area contributed by atoms with E-state index < -0.39 is 17.1 Å². The molecule has 0 atom stereocenters. The summed E-state index contributed by atoms with van der Waals surface area (Å²) in [5, 5.41) is 8.38. The second kappa shape index (κ2) is 7.98. The molecule has 0 bridgehead atoms. The van der Waals surface area contributed by atoms with Gasteiger partial charge in [-0.2, -0.15) is 0 Å². The maximum Gasteiger partial charge on any atom is 0.294 e. The lowest BCUT2D eigenvalue weighted by molar-refractivity contribution is -0.127. The number of rotatable bonds is 4. The van der Waals surface area contributed by atoms with Crippen molar-refractivity contribution in [3.8, 4) is 0 Å². The summed E-state index contributed by atoms with van der Waals surface area (Å²) in [6.45, 7) is -0.349. The molecule has 6 nitrogen and oxygen atoms in total. The topological polar surface area (TPSA) is 79.4 Å². The Labute approximate surface area is 185 Å². The van der Waals surface area contributed by atoms with Crippen LogP contribution in [0.15, 0.2) is 71.1 Å². The van der Waals surface area contributed by atoms with Crippen molar-refractivity contribution in [3.63, 3.8) is 0 Å². The van der Waals surface area contributed by atoms with Gasteiger partial charge in [0, 0.05) is 11.6 Å². The summed E-state index contributed by atoms with van der Waals surface area (Å²) in [6.07, 6.45) is 3.33. The van der Waals surface area contributed by atoms with Gasteiger partial charge in [-0.1, -0.05) is 48.5 Å². The minimum atomic E-state index is -0.471. The highest BCUT2D eigenvalue weighted by molar-refractivity contribution is 8.18. The standard InChI is InChI=1S/C23H15N3O3S2/c27-20(25-22-24-9-10-30-22)13-26-21(28)19(31-23(26)29)12-18-16-7-3-1-5-14(16)11-15-6-2-4-8-17(15)18/h1-12H,13H2,(H,24,25,27)/b19-12-. The SMILES string of the molecule is O=C(CN1C(=O)S/C(=C\c2c3ccccc3cc3ccccc23)C1=O)Nc1nccs1. The maximum absolute atomic E-state index is 13.0. The van der Waals surface area contributed by atoms with E-state index >= 15 is 0 Å². The Hall–Kier alpha value is -3.49. The normalized spacial score (nSPS) is 15.4. The van der Waals surface area contributed by atoms with Crippen LogP contribution in [0.3, 0.4) is 0 Å². The van der Waals surface area contributed by atoms with Crippen LogP contribution in [-0.4, -0.2) is 33.5 Å². The zero-order valence-corrected chi connectivity index (χ0v) is 17.7. The number of thioether (sulfide) groups is 1.